The molecule has 0 heterocycles. The minimum atomic E-state index is -0.801. The van der Waals surface area contributed by atoms with Crippen LogP contribution >= 0.6 is 0 Å². The van der Waals surface area contributed by atoms with Gasteiger partial charge in [0, 0.05) is 19.3 Å². The largest absolute Gasteiger partial charge is 0.462 e. The van der Waals surface area contributed by atoms with Crippen LogP contribution in [0.15, 0.2) is 134 Å². The average Bonchev–Trinajstić information content (AvgIpc) is 3.41. The van der Waals surface area contributed by atoms with Crippen LogP contribution in [0, 0.1) is 0 Å². The van der Waals surface area contributed by atoms with Gasteiger partial charge in [0.25, 0.3) is 0 Å². The molecule has 0 aliphatic heterocycles. The zero-order chi connectivity index (χ0) is 54.3. The molecule has 0 rings (SSSR count). The predicted molar refractivity (Wildman–Crippen MR) is 325 cm³/mol. The molecule has 0 radical (unpaired) electrons. The van der Waals surface area contributed by atoms with Crippen molar-refractivity contribution in [3.8, 4) is 0 Å². The Bertz CT molecular complexity index is 1620. The number of hydrogen-bond acceptors (Lipinski definition) is 6. The van der Waals surface area contributed by atoms with Gasteiger partial charge in [-0.05, 0) is 135 Å². The Balaban J connectivity index is 4.35. The first kappa shape index (κ1) is 70.5. The summed E-state index contributed by atoms with van der Waals surface area (Å²) in [6, 6.07) is 0. The Morgan fingerprint density at radius 2 is 0.547 bits per heavy atom. The lowest BCUT2D eigenvalue weighted by molar-refractivity contribution is -0.167. The molecule has 1 atom stereocenters. The molecule has 1 unspecified atom stereocenters. The Labute approximate surface area is 462 Å². The molecular formula is C69H112O6. The maximum atomic E-state index is 12.9. The Morgan fingerprint density at radius 3 is 0.880 bits per heavy atom. The fourth-order valence-electron chi connectivity index (χ4n) is 8.02. The van der Waals surface area contributed by atoms with Gasteiger partial charge < -0.3 is 14.2 Å². The first-order valence-electron chi connectivity index (χ1n) is 30.7. The topological polar surface area (TPSA) is 78.9 Å². The molecule has 0 aliphatic rings. The SMILES string of the molecule is CC/C=C\C/C=C\C/C=C\C/C=C\C/C=C\C/C=C\C/C=C\C/C=C\CCCCCCC(=O)OCC(COC(=O)CCCCCCC/C=C\CCC)OC(=O)CCCCCCCCC/C=C\C/C=C\CCCCCC. The quantitative estimate of drug-likeness (QED) is 0.0261. The molecule has 0 saturated heterocycles. The molecule has 0 fully saturated rings. The molecule has 0 saturated carbocycles. The van der Waals surface area contributed by atoms with E-state index in [1.54, 1.807) is 0 Å². The van der Waals surface area contributed by atoms with E-state index in [1.165, 1.54) is 70.6 Å². The lowest BCUT2D eigenvalue weighted by Crippen LogP contribution is -2.30. The van der Waals surface area contributed by atoms with Gasteiger partial charge in [-0.2, -0.15) is 0 Å². The van der Waals surface area contributed by atoms with Crippen molar-refractivity contribution in [1.82, 2.24) is 0 Å². The Kier molecular flexibility index (Phi) is 58.4. The summed E-state index contributed by atoms with van der Waals surface area (Å²) in [7, 11) is 0. The van der Waals surface area contributed by atoms with Crippen molar-refractivity contribution in [2.75, 3.05) is 13.2 Å². The third-order valence-corrected chi connectivity index (χ3v) is 12.6. The molecule has 75 heavy (non-hydrogen) atoms. The summed E-state index contributed by atoms with van der Waals surface area (Å²) in [4.78, 5) is 38.1. The van der Waals surface area contributed by atoms with Crippen LogP contribution in [0.4, 0.5) is 0 Å². The monoisotopic (exact) mass is 1040 g/mol. The standard InChI is InChI=1S/C69H112O6/c1-4-7-10-13-16-19-22-24-26-28-30-31-32-33-34-35-36-37-38-39-40-42-43-45-47-50-53-56-59-62-68(71)74-65-66(64-73-67(70)61-58-55-52-49-21-18-15-12-9-6-3)75-69(72)63-60-57-54-51-48-46-44-41-29-27-25-23-20-17-14-11-8-5-2/h7,10,12,15-16,19-20,23-24,26-27,29-31,33-34,36-37,39-40,43,45,66H,4-6,8-9,11,13-14,17-18,21-22,25,28,32,35,38,41-42,44,46-65H2,1-3H3/b10-7-,15-12-,19-16-,23-20-,26-24-,29-27-,31-30-,34-33-,37-36-,40-39-,45-43-. The number of hydrogen-bond donors (Lipinski definition) is 0. The van der Waals surface area contributed by atoms with Crippen LogP contribution in [0.1, 0.15) is 265 Å². The summed E-state index contributed by atoms with van der Waals surface area (Å²) in [6.07, 6.45) is 87.4. The van der Waals surface area contributed by atoms with Crippen molar-refractivity contribution in [1.29, 1.82) is 0 Å². The molecule has 0 N–H and O–H groups in total. The number of carbonyl (C=O) groups is 3. The number of ether oxygens (including phenoxy) is 3. The molecule has 424 valence electrons. The van der Waals surface area contributed by atoms with E-state index in [2.05, 4.69) is 154 Å². The molecule has 0 aromatic heterocycles. The summed E-state index contributed by atoms with van der Waals surface area (Å²) in [6.45, 7) is 6.41. The second kappa shape index (κ2) is 62.1. The second-order valence-electron chi connectivity index (χ2n) is 19.9. The van der Waals surface area contributed by atoms with Gasteiger partial charge in [0.1, 0.15) is 13.2 Å². The zero-order valence-electron chi connectivity index (χ0n) is 48.5. The van der Waals surface area contributed by atoms with Crippen LogP contribution in [0.2, 0.25) is 0 Å². The lowest BCUT2D eigenvalue weighted by Gasteiger charge is -2.18. The van der Waals surface area contributed by atoms with Crippen LogP contribution in [0.3, 0.4) is 0 Å². The highest BCUT2D eigenvalue weighted by molar-refractivity contribution is 5.71. The highest BCUT2D eigenvalue weighted by atomic mass is 16.6. The average molecular weight is 1040 g/mol. The molecule has 0 aromatic carbocycles. The number of rotatable bonds is 54. The van der Waals surface area contributed by atoms with E-state index in [1.807, 2.05) is 0 Å². The van der Waals surface area contributed by atoms with Crippen molar-refractivity contribution in [2.45, 2.75) is 271 Å². The third-order valence-electron chi connectivity index (χ3n) is 12.6. The molecule has 0 spiro atoms. The predicted octanol–water partition coefficient (Wildman–Crippen LogP) is 21.0. The van der Waals surface area contributed by atoms with Gasteiger partial charge in [0.15, 0.2) is 6.10 Å². The first-order chi connectivity index (χ1) is 37.0. The summed E-state index contributed by atoms with van der Waals surface area (Å²) in [5.41, 5.74) is 0. The number of unbranched alkanes of at least 4 members (excludes halogenated alkanes) is 21. The molecule has 0 amide bonds. The van der Waals surface area contributed by atoms with Crippen LogP contribution < -0.4 is 0 Å². The Hall–Kier alpha value is -4.45. The second-order valence-corrected chi connectivity index (χ2v) is 19.9. The first-order valence-corrected chi connectivity index (χ1v) is 30.7. The van der Waals surface area contributed by atoms with Gasteiger partial charge in [0.2, 0.25) is 0 Å². The van der Waals surface area contributed by atoms with E-state index >= 15 is 0 Å². The van der Waals surface area contributed by atoms with Gasteiger partial charge in [-0.3, -0.25) is 14.4 Å². The van der Waals surface area contributed by atoms with Gasteiger partial charge in [-0.15, -0.1) is 0 Å². The molecule has 6 nitrogen and oxygen atoms in total. The number of allylic oxidation sites excluding steroid dienone is 22. The molecule has 6 heteroatoms. The summed E-state index contributed by atoms with van der Waals surface area (Å²) < 4.78 is 16.8. The van der Waals surface area contributed by atoms with Gasteiger partial charge in [-0.1, -0.05) is 244 Å². The van der Waals surface area contributed by atoms with Crippen LogP contribution in [-0.4, -0.2) is 37.2 Å². The van der Waals surface area contributed by atoms with E-state index in [0.29, 0.717) is 19.3 Å². The normalized spacial score (nSPS) is 13.1. The highest BCUT2D eigenvalue weighted by Gasteiger charge is 2.19. The van der Waals surface area contributed by atoms with Gasteiger partial charge in [-0.25, -0.2) is 0 Å². The van der Waals surface area contributed by atoms with Crippen molar-refractivity contribution in [3.05, 3.63) is 134 Å². The van der Waals surface area contributed by atoms with E-state index < -0.39 is 6.10 Å². The fraction of sp³-hybridized carbons (Fsp3) is 0.638. The summed E-state index contributed by atoms with van der Waals surface area (Å²) in [5, 5.41) is 0. The summed E-state index contributed by atoms with van der Waals surface area (Å²) in [5.74, 6) is -0.943. The van der Waals surface area contributed by atoms with Crippen molar-refractivity contribution in [3.63, 3.8) is 0 Å². The number of carbonyl (C=O) groups excluding carboxylic acids is 3. The zero-order valence-corrected chi connectivity index (χ0v) is 48.5. The smallest absolute Gasteiger partial charge is 0.306 e. The van der Waals surface area contributed by atoms with Crippen LogP contribution in [-0.2, 0) is 28.6 Å². The van der Waals surface area contributed by atoms with E-state index in [4.69, 9.17) is 14.2 Å². The van der Waals surface area contributed by atoms with Crippen LogP contribution in [0.5, 0.6) is 0 Å². The molecule has 0 bridgehead atoms. The molecule has 0 aromatic rings. The number of esters is 3. The maximum Gasteiger partial charge on any atom is 0.306 e. The van der Waals surface area contributed by atoms with E-state index in [-0.39, 0.29) is 31.1 Å². The minimum Gasteiger partial charge on any atom is -0.462 e. The highest BCUT2D eigenvalue weighted by Crippen LogP contribution is 2.14. The minimum absolute atomic E-state index is 0.0975. The fourth-order valence-corrected chi connectivity index (χ4v) is 8.02. The van der Waals surface area contributed by atoms with Gasteiger partial charge in [0.05, 0.1) is 0 Å². The van der Waals surface area contributed by atoms with Crippen molar-refractivity contribution in [2.24, 2.45) is 0 Å². The maximum absolute atomic E-state index is 12.9. The van der Waals surface area contributed by atoms with Crippen molar-refractivity contribution < 1.29 is 28.6 Å². The molecular weight excluding hydrogens is 925 g/mol. The molecule has 0 aliphatic carbocycles. The lowest BCUT2D eigenvalue weighted by atomic mass is 10.1. The Morgan fingerprint density at radius 1 is 0.280 bits per heavy atom. The summed E-state index contributed by atoms with van der Waals surface area (Å²) >= 11 is 0. The van der Waals surface area contributed by atoms with Crippen molar-refractivity contribution >= 4 is 17.9 Å². The van der Waals surface area contributed by atoms with Crippen LogP contribution in [0.25, 0.3) is 0 Å². The third kappa shape index (κ3) is 60.3. The van der Waals surface area contributed by atoms with E-state index in [9.17, 15) is 14.4 Å². The van der Waals surface area contributed by atoms with E-state index in [0.717, 1.165) is 154 Å². The van der Waals surface area contributed by atoms with Gasteiger partial charge >= 0.3 is 17.9 Å².